The van der Waals surface area contributed by atoms with Gasteiger partial charge in [-0.05, 0) is 30.5 Å². The highest BCUT2D eigenvalue weighted by molar-refractivity contribution is 5.79. The van der Waals surface area contributed by atoms with Crippen LogP contribution in [-0.4, -0.2) is 30.1 Å². The van der Waals surface area contributed by atoms with E-state index in [-0.39, 0.29) is 24.2 Å². The molecule has 0 bridgehead atoms. The molecule has 0 unspecified atom stereocenters. The number of fused-ring (bicyclic) bond motifs is 2. The average molecular weight is 367 g/mol. The lowest BCUT2D eigenvalue weighted by Gasteiger charge is -2.25. The first-order valence-electron chi connectivity index (χ1n) is 9.67. The molecule has 2 aliphatic heterocycles. The number of nitrogens with zero attached hydrogens (tertiary/aromatic N) is 1. The van der Waals surface area contributed by atoms with Gasteiger partial charge in [0.2, 0.25) is 5.91 Å². The molecule has 0 spiro atoms. The van der Waals surface area contributed by atoms with E-state index in [0.717, 1.165) is 42.7 Å². The number of amides is 1. The standard InChI is InChI=1S/C22H22FNO3/c23-19-4-2-1-3-14(19)12-21(25)24(16-5-6-16)13-18-17-8-10-26-20(17)11-15-7-9-27-22(15)18/h1-4,11,16H,5-10,12-13H2. The highest BCUT2D eigenvalue weighted by Crippen LogP contribution is 2.42. The van der Waals surface area contributed by atoms with Gasteiger partial charge < -0.3 is 14.4 Å². The van der Waals surface area contributed by atoms with Crippen molar-refractivity contribution >= 4 is 5.91 Å². The van der Waals surface area contributed by atoms with Crippen molar-refractivity contribution in [3.63, 3.8) is 0 Å². The largest absolute Gasteiger partial charge is 0.493 e. The second-order valence-corrected chi connectivity index (χ2v) is 7.54. The van der Waals surface area contributed by atoms with Crippen LogP contribution in [0.1, 0.15) is 35.1 Å². The molecule has 3 aliphatic rings. The Morgan fingerprint density at radius 3 is 2.78 bits per heavy atom. The van der Waals surface area contributed by atoms with Crippen molar-refractivity contribution in [2.75, 3.05) is 13.2 Å². The molecule has 1 amide bonds. The summed E-state index contributed by atoms with van der Waals surface area (Å²) in [6.07, 6.45) is 3.85. The number of carbonyl (C=O) groups excluding carboxylic acids is 1. The molecule has 140 valence electrons. The van der Waals surface area contributed by atoms with Gasteiger partial charge in [0, 0.05) is 35.6 Å². The third-order valence-corrected chi connectivity index (χ3v) is 5.70. The number of hydrogen-bond acceptors (Lipinski definition) is 3. The maximum atomic E-state index is 14.0. The fraction of sp³-hybridized carbons (Fsp3) is 0.409. The molecule has 1 saturated carbocycles. The maximum absolute atomic E-state index is 14.0. The van der Waals surface area contributed by atoms with E-state index in [1.807, 2.05) is 4.90 Å². The molecule has 0 N–H and O–H groups in total. The molecule has 0 radical (unpaired) electrons. The molecule has 4 nitrogen and oxygen atoms in total. The molecule has 1 aliphatic carbocycles. The SMILES string of the molecule is O=C(Cc1ccccc1F)N(Cc1c2c(cc3c1OCC3)OCC2)C1CC1. The average Bonchev–Trinajstić information content (AvgIpc) is 3.20. The molecule has 5 heteroatoms. The fourth-order valence-electron chi connectivity index (χ4n) is 4.14. The summed E-state index contributed by atoms with van der Waals surface area (Å²) in [5, 5.41) is 0. The van der Waals surface area contributed by atoms with Crippen molar-refractivity contribution < 1.29 is 18.7 Å². The number of hydrogen-bond donors (Lipinski definition) is 0. The van der Waals surface area contributed by atoms with Gasteiger partial charge >= 0.3 is 0 Å². The van der Waals surface area contributed by atoms with E-state index < -0.39 is 0 Å². The lowest BCUT2D eigenvalue weighted by atomic mass is 9.98. The lowest BCUT2D eigenvalue weighted by Crippen LogP contribution is -2.34. The van der Waals surface area contributed by atoms with E-state index in [1.54, 1.807) is 18.2 Å². The predicted octanol–water partition coefficient (Wildman–Crippen LogP) is 3.43. The molecule has 1 fully saturated rings. The van der Waals surface area contributed by atoms with Crippen LogP contribution in [0.25, 0.3) is 0 Å². The quantitative estimate of drug-likeness (QED) is 0.813. The summed E-state index contributed by atoms with van der Waals surface area (Å²) in [6.45, 7) is 1.88. The normalized spacial score (nSPS) is 17.1. The molecule has 27 heavy (non-hydrogen) atoms. The third-order valence-electron chi connectivity index (χ3n) is 5.70. The lowest BCUT2D eigenvalue weighted by molar-refractivity contribution is -0.131. The van der Waals surface area contributed by atoms with Crippen molar-refractivity contribution in [2.45, 2.75) is 44.7 Å². The van der Waals surface area contributed by atoms with Crippen LogP contribution < -0.4 is 9.47 Å². The molecule has 2 aromatic rings. The Bertz CT molecular complexity index is 874. The molecule has 0 aromatic heterocycles. The van der Waals surface area contributed by atoms with Crippen molar-refractivity contribution in [3.05, 3.63) is 58.4 Å². The number of rotatable bonds is 5. The summed E-state index contributed by atoms with van der Waals surface area (Å²) in [6, 6.07) is 8.86. The fourth-order valence-corrected chi connectivity index (χ4v) is 4.14. The van der Waals surface area contributed by atoms with Gasteiger partial charge in [0.15, 0.2) is 0 Å². The van der Waals surface area contributed by atoms with Gasteiger partial charge in [-0.2, -0.15) is 0 Å². The molecule has 2 aromatic carbocycles. The summed E-state index contributed by atoms with van der Waals surface area (Å²) in [5.41, 5.74) is 3.88. The van der Waals surface area contributed by atoms with Gasteiger partial charge in [0.1, 0.15) is 17.3 Å². The van der Waals surface area contributed by atoms with Crippen LogP contribution in [0.15, 0.2) is 30.3 Å². The zero-order valence-electron chi connectivity index (χ0n) is 15.2. The highest BCUT2D eigenvalue weighted by atomic mass is 19.1. The van der Waals surface area contributed by atoms with Gasteiger partial charge in [0.05, 0.1) is 26.2 Å². The van der Waals surface area contributed by atoms with Crippen LogP contribution in [0.5, 0.6) is 11.5 Å². The summed E-state index contributed by atoms with van der Waals surface area (Å²) in [7, 11) is 0. The zero-order chi connectivity index (χ0) is 18.4. The summed E-state index contributed by atoms with van der Waals surface area (Å²) < 4.78 is 25.7. The van der Waals surface area contributed by atoms with E-state index in [9.17, 15) is 9.18 Å². The van der Waals surface area contributed by atoms with Crippen molar-refractivity contribution in [3.8, 4) is 11.5 Å². The van der Waals surface area contributed by atoms with Gasteiger partial charge in [-0.1, -0.05) is 18.2 Å². The van der Waals surface area contributed by atoms with Crippen LogP contribution in [0.4, 0.5) is 4.39 Å². The molecular formula is C22H22FNO3. The highest BCUT2D eigenvalue weighted by Gasteiger charge is 2.35. The van der Waals surface area contributed by atoms with E-state index >= 15 is 0 Å². The molecule has 0 saturated heterocycles. The molecule has 2 heterocycles. The van der Waals surface area contributed by atoms with Crippen molar-refractivity contribution in [1.29, 1.82) is 0 Å². The number of ether oxygens (including phenoxy) is 2. The van der Waals surface area contributed by atoms with Gasteiger partial charge in [-0.25, -0.2) is 4.39 Å². The minimum atomic E-state index is -0.320. The second kappa shape index (κ2) is 6.55. The first-order chi connectivity index (χ1) is 13.2. The first-order valence-corrected chi connectivity index (χ1v) is 9.67. The molecule has 0 atom stereocenters. The number of halogens is 1. The van der Waals surface area contributed by atoms with E-state index in [1.165, 1.54) is 17.2 Å². The maximum Gasteiger partial charge on any atom is 0.227 e. The van der Waals surface area contributed by atoms with Crippen molar-refractivity contribution in [2.24, 2.45) is 0 Å². The van der Waals surface area contributed by atoms with Crippen LogP contribution >= 0.6 is 0 Å². The predicted molar refractivity (Wildman–Crippen MR) is 98.5 cm³/mol. The van der Waals surface area contributed by atoms with E-state index in [2.05, 4.69) is 6.07 Å². The Morgan fingerprint density at radius 2 is 1.96 bits per heavy atom. The van der Waals surface area contributed by atoms with E-state index in [4.69, 9.17) is 9.47 Å². The number of carbonyl (C=O) groups is 1. The Labute approximate surface area is 157 Å². The van der Waals surface area contributed by atoms with Crippen LogP contribution in [0.3, 0.4) is 0 Å². The Kier molecular flexibility index (Phi) is 4.03. The Hall–Kier alpha value is -2.56. The minimum absolute atomic E-state index is 0.0223. The van der Waals surface area contributed by atoms with Crippen LogP contribution in [0, 0.1) is 5.82 Å². The monoisotopic (exact) mass is 367 g/mol. The van der Waals surface area contributed by atoms with Gasteiger partial charge in [-0.3, -0.25) is 4.79 Å². The van der Waals surface area contributed by atoms with Gasteiger partial charge in [-0.15, -0.1) is 0 Å². The van der Waals surface area contributed by atoms with Gasteiger partial charge in [0.25, 0.3) is 0 Å². The number of benzene rings is 2. The molecular weight excluding hydrogens is 345 g/mol. The van der Waals surface area contributed by atoms with Crippen LogP contribution in [-0.2, 0) is 30.6 Å². The van der Waals surface area contributed by atoms with Crippen LogP contribution in [0.2, 0.25) is 0 Å². The summed E-state index contributed by atoms with van der Waals surface area (Å²) in [4.78, 5) is 15.0. The first kappa shape index (κ1) is 16.6. The smallest absolute Gasteiger partial charge is 0.227 e. The Morgan fingerprint density at radius 1 is 1.15 bits per heavy atom. The topological polar surface area (TPSA) is 38.8 Å². The summed E-state index contributed by atoms with van der Waals surface area (Å²) in [5.74, 6) is 1.53. The molecule has 5 rings (SSSR count). The summed E-state index contributed by atoms with van der Waals surface area (Å²) >= 11 is 0. The Balaban J connectivity index is 1.45. The van der Waals surface area contributed by atoms with Crippen molar-refractivity contribution in [1.82, 2.24) is 4.90 Å². The third kappa shape index (κ3) is 3.05. The minimum Gasteiger partial charge on any atom is -0.493 e. The zero-order valence-corrected chi connectivity index (χ0v) is 15.2. The van der Waals surface area contributed by atoms with E-state index in [0.29, 0.717) is 25.3 Å². The second-order valence-electron chi connectivity index (χ2n) is 7.54.